The molecule has 0 amide bonds. The molecule has 0 N–H and O–H groups in total. The first-order valence-corrected chi connectivity index (χ1v) is 6.14. The fraction of sp³-hybridized carbons (Fsp3) is 0.333. The summed E-state index contributed by atoms with van der Waals surface area (Å²) in [7, 11) is 1.91. The van der Waals surface area contributed by atoms with Gasteiger partial charge >= 0.3 is 0 Å². The molecule has 2 heterocycles. The molecule has 2 rings (SSSR count). The molecule has 0 aliphatic carbocycles. The highest BCUT2D eigenvalue weighted by molar-refractivity contribution is 9.10. The molecule has 0 aromatic carbocycles. The zero-order valence-corrected chi connectivity index (χ0v) is 11.7. The summed E-state index contributed by atoms with van der Waals surface area (Å²) in [4.78, 5) is 11.4. The number of rotatable bonds is 3. The lowest BCUT2D eigenvalue weighted by Gasteiger charge is -2.08. The van der Waals surface area contributed by atoms with Gasteiger partial charge in [-0.25, -0.2) is 0 Å². The lowest BCUT2D eigenvalue weighted by atomic mass is 10.3. The van der Waals surface area contributed by atoms with Crippen LogP contribution in [0.15, 0.2) is 22.8 Å². The van der Waals surface area contributed by atoms with E-state index in [1.165, 1.54) is 0 Å². The van der Waals surface area contributed by atoms with E-state index < -0.39 is 0 Å². The van der Waals surface area contributed by atoms with Crippen molar-refractivity contribution in [3.63, 3.8) is 0 Å². The average Bonchev–Trinajstić information content (AvgIpc) is 2.80. The third-order valence-corrected chi connectivity index (χ3v) is 3.80. The second kappa shape index (κ2) is 4.49. The van der Waals surface area contributed by atoms with E-state index in [2.05, 4.69) is 21.0 Å². The SMILES string of the molecule is CC(=O)c1cccn1Cc1c(Br)c(C)nn1C. The first-order valence-electron chi connectivity index (χ1n) is 5.34. The normalized spacial score (nSPS) is 10.8. The minimum atomic E-state index is 0.0741. The standard InChI is InChI=1S/C12H14BrN3O/c1-8-12(13)11(15(3)14-8)7-16-6-4-5-10(16)9(2)17/h4-6H,7H2,1-3H3. The van der Waals surface area contributed by atoms with Gasteiger partial charge in [0.05, 0.1) is 28.1 Å². The van der Waals surface area contributed by atoms with E-state index in [-0.39, 0.29) is 5.78 Å². The third kappa shape index (κ3) is 2.20. The van der Waals surface area contributed by atoms with E-state index in [0.29, 0.717) is 6.54 Å². The number of aryl methyl sites for hydroxylation is 2. The molecule has 0 aliphatic rings. The number of hydrogen-bond donors (Lipinski definition) is 0. The molecule has 0 radical (unpaired) electrons. The van der Waals surface area contributed by atoms with Gasteiger partial charge in [-0.3, -0.25) is 9.48 Å². The summed E-state index contributed by atoms with van der Waals surface area (Å²) in [5, 5.41) is 4.34. The Kier molecular flexibility index (Phi) is 3.19. The quantitative estimate of drug-likeness (QED) is 0.817. The number of nitrogens with zero attached hydrogens (tertiary/aromatic N) is 3. The van der Waals surface area contributed by atoms with Crippen LogP contribution in [0.3, 0.4) is 0 Å². The molecule has 17 heavy (non-hydrogen) atoms. The molecule has 2 aromatic heterocycles. The smallest absolute Gasteiger partial charge is 0.176 e. The first-order chi connectivity index (χ1) is 8.00. The van der Waals surface area contributed by atoms with Gasteiger partial charge in [0.1, 0.15) is 0 Å². The maximum absolute atomic E-state index is 11.4. The second-order valence-electron chi connectivity index (χ2n) is 4.05. The zero-order valence-electron chi connectivity index (χ0n) is 10.1. The lowest BCUT2D eigenvalue weighted by Crippen LogP contribution is -2.10. The zero-order chi connectivity index (χ0) is 12.6. The van der Waals surface area contributed by atoms with Crippen LogP contribution in [0.25, 0.3) is 0 Å². The van der Waals surface area contributed by atoms with E-state index in [1.807, 2.05) is 41.5 Å². The van der Waals surface area contributed by atoms with Crippen molar-refractivity contribution in [2.75, 3.05) is 0 Å². The molecule has 5 heteroatoms. The minimum absolute atomic E-state index is 0.0741. The van der Waals surface area contributed by atoms with Crippen molar-refractivity contribution in [1.29, 1.82) is 0 Å². The summed E-state index contributed by atoms with van der Waals surface area (Å²) in [6.07, 6.45) is 1.91. The van der Waals surface area contributed by atoms with Crippen LogP contribution in [0.1, 0.15) is 28.8 Å². The van der Waals surface area contributed by atoms with Crippen LogP contribution < -0.4 is 0 Å². The molecule has 0 aliphatic heterocycles. The van der Waals surface area contributed by atoms with E-state index in [0.717, 1.165) is 21.6 Å². The molecular weight excluding hydrogens is 282 g/mol. The van der Waals surface area contributed by atoms with Crippen LogP contribution in [-0.2, 0) is 13.6 Å². The predicted octanol–water partition coefficient (Wildman–Crippen LogP) is 2.54. The monoisotopic (exact) mass is 295 g/mol. The summed E-state index contributed by atoms with van der Waals surface area (Å²) in [5.74, 6) is 0.0741. The number of carbonyl (C=O) groups is 1. The number of aromatic nitrogens is 3. The highest BCUT2D eigenvalue weighted by Crippen LogP contribution is 2.21. The summed E-state index contributed by atoms with van der Waals surface area (Å²) in [6.45, 7) is 4.17. The maximum Gasteiger partial charge on any atom is 0.176 e. The Bertz CT molecular complexity index is 568. The van der Waals surface area contributed by atoms with Gasteiger partial charge in [0.2, 0.25) is 0 Å². The fourth-order valence-corrected chi connectivity index (χ4v) is 2.35. The molecule has 0 fully saturated rings. The van der Waals surface area contributed by atoms with E-state index in [9.17, 15) is 4.79 Å². The van der Waals surface area contributed by atoms with Gasteiger partial charge < -0.3 is 4.57 Å². The lowest BCUT2D eigenvalue weighted by molar-refractivity contribution is 0.100. The summed E-state index contributed by atoms with van der Waals surface area (Å²) in [6, 6.07) is 3.72. The van der Waals surface area contributed by atoms with Gasteiger partial charge in [0.15, 0.2) is 5.78 Å². The van der Waals surface area contributed by atoms with Crippen LogP contribution in [0.5, 0.6) is 0 Å². The molecule has 4 nitrogen and oxygen atoms in total. The number of hydrogen-bond acceptors (Lipinski definition) is 2. The van der Waals surface area contributed by atoms with Crippen molar-refractivity contribution in [1.82, 2.24) is 14.3 Å². The van der Waals surface area contributed by atoms with Crippen molar-refractivity contribution in [2.45, 2.75) is 20.4 Å². The summed E-state index contributed by atoms with van der Waals surface area (Å²) >= 11 is 3.53. The Hall–Kier alpha value is -1.36. The topological polar surface area (TPSA) is 39.8 Å². The Morgan fingerprint density at radius 3 is 2.76 bits per heavy atom. The molecule has 0 spiro atoms. The van der Waals surface area contributed by atoms with Crippen LogP contribution in [-0.4, -0.2) is 20.1 Å². The van der Waals surface area contributed by atoms with E-state index >= 15 is 0 Å². The van der Waals surface area contributed by atoms with E-state index in [1.54, 1.807) is 6.92 Å². The second-order valence-corrected chi connectivity index (χ2v) is 4.84. The molecule has 2 aromatic rings. The molecule has 0 saturated heterocycles. The average molecular weight is 296 g/mol. The van der Waals surface area contributed by atoms with Gasteiger partial charge in [-0.2, -0.15) is 5.10 Å². The minimum Gasteiger partial charge on any atom is -0.339 e. The maximum atomic E-state index is 11.4. The van der Waals surface area contributed by atoms with Gasteiger partial charge in [-0.05, 0) is 35.0 Å². The van der Waals surface area contributed by atoms with Crippen LogP contribution >= 0.6 is 15.9 Å². The van der Waals surface area contributed by atoms with Crippen molar-refractivity contribution in [3.05, 3.63) is 39.9 Å². The first kappa shape index (κ1) is 12.1. The Labute approximate surface area is 108 Å². The van der Waals surface area contributed by atoms with Gasteiger partial charge in [0, 0.05) is 20.2 Å². The van der Waals surface area contributed by atoms with Gasteiger partial charge in [-0.15, -0.1) is 0 Å². The molecule has 0 bridgehead atoms. The number of carbonyl (C=O) groups excluding carboxylic acids is 1. The van der Waals surface area contributed by atoms with Crippen molar-refractivity contribution >= 4 is 21.7 Å². The molecule has 90 valence electrons. The summed E-state index contributed by atoms with van der Waals surface area (Å²) < 4.78 is 4.77. The highest BCUT2D eigenvalue weighted by atomic mass is 79.9. The Morgan fingerprint density at radius 1 is 1.53 bits per heavy atom. The Balaban J connectivity index is 2.38. The van der Waals surface area contributed by atoms with Crippen LogP contribution in [0.2, 0.25) is 0 Å². The van der Waals surface area contributed by atoms with Crippen molar-refractivity contribution < 1.29 is 4.79 Å². The number of ketones is 1. The molecule has 0 atom stereocenters. The predicted molar refractivity (Wildman–Crippen MR) is 69.2 cm³/mol. The van der Waals surface area contributed by atoms with Crippen LogP contribution in [0, 0.1) is 6.92 Å². The largest absolute Gasteiger partial charge is 0.339 e. The van der Waals surface area contributed by atoms with Crippen molar-refractivity contribution in [3.8, 4) is 0 Å². The summed E-state index contributed by atoms with van der Waals surface area (Å²) in [5.41, 5.74) is 2.73. The highest BCUT2D eigenvalue weighted by Gasteiger charge is 2.13. The van der Waals surface area contributed by atoms with E-state index in [4.69, 9.17) is 0 Å². The number of Topliss-reactive ketones (excluding diaryl/α,β-unsaturated/α-hetero) is 1. The van der Waals surface area contributed by atoms with Crippen LogP contribution in [0.4, 0.5) is 0 Å². The molecular formula is C12H14BrN3O. The van der Waals surface area contributed by atoms with Gasteiger partial charge in [0.25, 0.3) is 0 Å². The Morgan fingerprint density at radius 2 is 2.24 bits per heavy atom. The third-order valence-electron chi connectivity index (χ3n) is 2.77. The fourth-order valence-electron chi connectivity index (χ4n) is 1.88. The number of halogens is 1. The van der Waals surface area contributed by atoms with Crippen molar-refractivity contribution in [2.24, 2.45) is 7.05 Å². The van der Waals surface area contributed by atoms with Gasteiger partial charge in [-0.1, -0.05) is 0 Å². The molecule has 0 saturated carbocycles. The molecule has 0 unspecified atom stereocenters.